The van der Waals surface area contributed by atoms with Gasteiger partial charge in [-0.25, -0.2) is 0 Å². The van der Waals surface area contributed by atoms with E-state index in [1.165, 1.54) is 17.3 Å². The lowest BCUT2D eigenvalue weighted by Gasteiger charge is -2.15. The Hall–Kier alpha value is -2.35. The average molecular weight is 404 g/mol. The van der Waals surface area contributed by atoms with Gasteiger partial charge in [0, 0.05) is 25.1 Å². The van der Waals surface area contributed by atoms with Crippen LogP contribution in [0.3, 0.4) is 0 Å². The van der Waals surface area contributed by atoms with Crippen LogP contribution >= 0.6 is 11.8 Å². The highest BCUT2D eigenvalue weighted by atomic mass is 32.2. The Balaban J connectivity index is 2.07. The molecule has 0 spiro atoms. The molecule has 0 fully saturated rings. The summed E-state index contributed by atoms with van der Waals surface area (Å²) in [6, 6.07) is 7.85. The van der Waals surface area contributed by atoms with Crippen LogP contribution in [-0.2, 0) is 29.0 Å². The average Bonchev–Trinajstić information content (AvgIpc) is 3.01. The normalized spacial score (nSPS) is 12.2. The number of nitrogens with zero attached hydrogens (tertiary/aromatic N) is 3. The van der Waals surface area contributed by atoms with Gasteiger partial charge < -0.3 is 15.6 Å². The van der Waals surface area contributed by atoms with Crippen molar-refractivity contribution in [1.82, 2.24) is 14.8 Å². The van der Waals surface area contributed by atoms with Crippen molar-refractivity contribution in [3.8, 4) is 0 Å². The third-order valence-corrected chi connectivity index (χ3v) is 5.30. The summed E-state index contributed by atoms with van der Waals surface area (Å²) in [4.78, 5) is 23.7. The minimum Gasteiger partial charge on any atom is -0.370 e. The number of nitrogens with two attached hydrogens (primary N) is 1. The number of rotatable bonds is 10. The standard InChI is InChI=1S/C20H29N5O2S/c1-5-15-6-8-16(9-7-15)22-19(27)14(4)28-20-24-23-18(11-10-17(21)26)25(20)12-13(2)3/h6-9,13-14H,5,10-12H2,1-4H3,(H2,21,26)(H,22,27)/t14-/m1/s1. The Morgan fingerprint density at radius 3 is 2.43 bits per heavy atom. The Kier molecular flexibility index (Phi) is 8.04. The monoisotopic (exact) mass is 403 g/mol. The SMILES string of the molecule is CCc1ccc(NC(=O)[C@@H](C)Sc2nnc(CCC(N)=O)n2CC(C)C)cc1. The molecule has 28 heavy (non-hydrogen) atoms. The third-order valence-electron chi connectivity index (χ3n) is 4.22. The lowest BCUT2D eigenvalue weighted by molar-refractivity contribution is -0.118. The van der Waals surface area contributed by atoms with Crippen LogP contribution in [0.2, 0.25) is 0 Å². The number of carbonyl (C=O) groups excluding carboxylic acids is 2. The molecule has 3 N–H and O–H groups in total. The van der Waals surface area contributed by atoms with E-state index in [0.29, 0.717) is 17.5 Å². The van der Waals surface area contributed by atoms with Gasteiger partial charge in [0.1, 0.15) is 5.82 Å². The first-order valence-electron chi connectivity index (χ1n) is 9.57. The molecule has 1 aromatic heterocycles. The molecule has 0 saturated carbocycles. The zero-order valence-electron chi connectivity index (χ0n) is 16.9. The molecule has 2 amide bonds. The Morgan fingerprint density at radius 2 is 1.86 bits per heavy atom. The van der Waals surface area contributed by atoms with Gasteiger partial charge in [0.15, 0.2) is 5.16 Å². The summed E-state index contributed by atoms with van der Waals surface area (Å²) < 4.78 is 1.98. The summed E-state index contributed by atoms with van der Waals surface area (Å²) in [7, 11) is 0. The molecule has 2 rings (SSSR count). The van der Waals surface area contributed by atoms with Gasteiger partial charge >= 0.3 is 0 Å². The number of anilines is 1. The van der Waals surface area contributed by atoms with Crippen molar-refractivity contribution in [2.24, 2.45) is 11.7 Å². The van der Waals surface area contributed by atoms with E-state index in [0.717, 1.165) is 24.5 Å². The predicted octanol–water partition coefficient (Wildman–Crippen LogP) is 3.03. The van der Waals surface area contributed by atoms with Gasteiger partial charge in [0.05, 0.1) is 5.25 Å². The first kappa shape index (κ1) is 21.9. The fraction of sp³-hybridized carbons (Fsp3) is 0.500. The second-order valence-corrected chi connectivity index (χ2v) is 8.48. The maximum Gasteiger partial charge on any atom is 0.237 e. The van der Waals surface area contributed by atoms with Crippen LogP contribution in [0.25, 0.3) is 0 Å². The number of carbonyl (C=O) groups is 2. The number of hydrogen-bond donors (Lipinski definition) is 2. The van der Waals surface area contributed by atoms with Crippen LogP contribution in [-0.4, -0.2) is 31.8 Å². The summed E-state index contributed by atoms with van der Waals surface area (Å²) in [5.41, 5.74) is 7.26. The predicted molar refractivity (Wildman–Crippen MR) is 112 cm³/mol. The van der Waals surface area contributed by atoms with Crippen molar-refractivity contribution in [2.45, 2.75) is 63.9 Å². The van der Waals surface area contributed by atoms with Crippen molar-refractivity contribution in [1.29, 1.82) is 0 Å². The van der Waals surface area contributed by atoms with Gasteiger partial charge in [-0.15, -0.1) is 10.2 Å². The molecular formula is C20H29N5O2S. The van der Waals surface area contributed by atoms with Crippen molar-refractivity contribution in [3.05, 3.63) is 35.7 Å². The second-order valence-electron chi connectivity index (χ2n) is 7.17. The molecule has 0 aliphatic carbocycles. The van der Waals surface area contributed by atoms with Gasteiger partial charge in [-0.05, 0) is 37.0 Å². The van der Waals surface area contributed by atoms with Gasteiger partial charge in [-0.2, -0.15) is 0 Å². The molecule has 0 radical (unpaired) electrons. The molecule has 0 saturated heterocycles. The Bertz CT molecular complexity index is 801. The van der Waals surface area contributed by atoms with Crippen molar-refractivity contribution in [2.75, 3.05) is 5.32 Å². The Labute approximate surface area is 170 Å². The zero-order valence-corrected chi connectivity index (χ0v) is 17.8. The van der Waals surface area contributed by atoms with E-state index in [9.17, 15) is 9.59 Å². The van der Waals surface area contributed by atoms with E-state index in [-0.39, 0.29) is 23.5 Å². The third kappa shape index (κ3) is 6.37. The molecule has 0 unspecified atom stereocenters. The topological polar surface area (TPSA) is 103 Å². The second kappa shape index (κ2) is 10.3. The molecular weight excluding hydrogens is 374 g/mol. The van der Waals surface area contributed by atoms with Crippen molar-refractivity contribution >= 4 is 29.3 Å². The molecule has 2 aromatic rings. The van der Waals surface area contributed by atoms with Crippen LogP contribution in [0.15, 0.2) is 29.4 Å². The lowest BCUT2D eigenvalue weighted by Crippen LogP contribution is -2.23. The molecule has 0 bridgehead atoms. The van der Waals surface area contributed by atoms with Gasteiger partial charge in [-0.3, -0.25) is 9.59 Å². The van der Waals surface area contributed by atoms with Crippen LogP contribution in [0.4, 0.5) is 5.69 Å². The van der Waals surface area contributed by atoms with E-state index in [4.69, 9.17) is 5.73 Å². The first-order valence-corrected chi connectivity index (χ1v) is 10.4. The van der Waals surface area contributed by atoms with E-state index in [1.807, 2.05) is 35.8 Å². The molecule has 1 heterocycles. The molecule has 1 atom stereocenters. The Morgan fingerprint density at radius 1 is 1.18 bits per heavy atom. The largest absolute Gasteiger partial charge is 0.370 e. The summed E-state index contributed by atoms with van der Waals surface area (Å²) in [5, 5.41) is 11.7. The quantitative estimate of drug-likeness (QED) is 0.594. The minimum absolute atomic E-state index is 0.0907. The highest BCUT2D eigenvalue weighted by Gasteiger charge is 2.21. The number of thioether (sulfide) groups is 1. The maximum absolute atomic E-state index is 12.6. The van der Waals surface area contributed by atoms with Gasteiger partial charge in [-0.1, -0.05) is 44.7 Å². The molecule has 7 nitrogen and oxygen atoms in total. The first-order chi connectivity index (χ1) is 13.3. The van der Waals surface area contributed by atoms with E-state index in [1.54, 1.807) is 0 Å². The molecule has 1 aromatic carbocycles. The number of primary amides is 1. The van der Waals surface area contributed by atoms with Crippen LogP contribution in [0.5, 0.6) is 0 Å². The minimum atomic E-state index is -0.366. The smallest absolute Gasteiger partial charge is 0.237 e. The fourth-order valence-corrected chi connectivity index (χ4v) is 3.53. The number of aryl methyl sites for hydroxylation is 2. The number of benzene rings is 1. The lowest BCUT2D eigenvalue weighted by atomic mass is 10.1. The summed E-state index contributed by atoms with van der Waals surface area (Å²) in [6.45, 7) is 8.86. The highest BCUT2D eigenvalue weighted by molar-refractivity contribution is 8.00. The van der Waals surface area contributed by atoms with E-state index < -0.39 is 0 Å². The van der Waals surface area contributed by atoms with E-state index >= 15 is 0 Å². The molecule has 0 aliphatic rings. The number of hydrogen-bond acceptors (Lipinski definition) is 5. The number of aromatic nitrogens is 3. The number of amides is 2. The summed E-state index contributed by atoms with van der Waals surface area (Å²) in [5.74, 6) is 0.642. The van der Waals surface area contributed by atoms with Crippen molar-refractivity contribution < 1.29 is 9.59 Å². The van der Waals surface area contributed by atoms with Gasteiger partial charge in [0.2, 0.25) is 11.8 Å². The molecule has 0 aliphatic heterocycles. The van der Waals surface area contributed by atoms with Crippen LogP contribution in [0, 0.1) is 5.92 Å². The van der Waals surface area contributed by atoms with Crippen LogP contribution < -0.4 is 11.1 Å². The summed E-state index contributed by atoms with van der Waals surface area (Å²) >= 11 is 1.36. The van der Waals surface area contributed by atoms with Crippen molar-refractivity contribution in [3.63, 3.8) is 0 Å². The summed E-state index contributed by atoms with van der Waals surface area (Å²) in [6.07, 6.45) is 1.63. The van der Waals surface area contributed by atoms with E-state index in [2.05, 4.69) is 36.3 Å². The van der Waals surface area contributed by atoms with Crippen LogP contribution in [0.1, 0.15) is 45.5 Å². The van der Waals surface area contributed by atoms with Gasteiger partial charge in [0.25, 0.3) is 0 Å². The number of nitrogens with one attached hydrogen (secondary N) is 1. The zero-order chi connectivity index (χ0) is 20.7. The maximum atomic E-state index is 12.6. The fourth-order valence-electron chi connectivity index (χ4n) is 2.65. The highest BCUT2D eigenvalue weighted by Crippen LogP contribution is 2.25. The molecule has 152 valence electrons. The molecule has 8 heteroatoms.